The normalized spacial score (nSPS) is 13.5. The Morgan fingerprint density at radius 2 is 2.00 bits per heavy atom. The molecule has 1 aliphatic rings. The van der Waals surface area contributed by atoms with Gasteiger partial charge in [0.2, 0.25) is 0 Å². The standard InChI is InChI=1S/C18H12ClF2N5/c19-16-12(20)5-4-11(17(16)21)18-15(13-2-1-7-25(13)24-18)10-3-6-14-22-9-23-26(14)8-10/h3-6,8-9H,1-2,7H2. The number of hydrogen-bond donors (Lipinski definition) is 0. The molecule has 0 aliphatic carbocycles. The molecule has 0 saturated heterocycles. The summed E-state index contributed by atoms with van der Waals surface area (Å²) in [6.07, 6.45) is 5.13. The molecule has 0 saturated carbocycles. The monoisotopic (exact) mass is 371 g/mol. The summed E-state index contributed by atoms with van der Waals surface area (Å²) in [4.78, 5) is 4.14. The van der Waals surface area contributed by atoms with E-state index in [9.17, 15) is 8.78 Å². The zero-order valence-corrected chi connectivity index (χ0v) is 14.2. The van der Waals surface area contributed by atoms with E-state index in [1.807, 2.05) is 23.0 Å². The van der Waals surface area contributed by atoms with Gasteiger partial charge in [0.1, 0.15) is 22.9 Å². The summed E-state index contributed by atoms with van der Waals surface area (Å²) in [5, 5.41) is 8.23. The lowest BCUT2D eigenvalue weighted by atomic mass is 9.98. The zero-order valence-electron chi connectivity index (χ0n) is 13.5. The molecule has 0 bridgehead atoms. The van der Waals surface area contributed by atoms with E-state index >= 15 is 0 Å². The number of aromatic nitrogens is 5. The van der Waals surface area contributed by atoms with E-state index < -0.39 is 16.7 Å². The Balaban J connectivity index is 1.79. The van der Waals surface area contributed by atoms with Crippen LogP contribution in [-0.2, 0) is 13.0 Å². The van der Waals surface area contributed by atoms with Crippen LogP contribution in [0.25, 0.3) is 28.0 Å². The predicted octanol–water partition coefficient (Wildman–Crippen LogP) is 4.14. The molecule has 5 rings (SSSR count). The van der Waals surface area contributed by atoms with Crippen molar-refractivity contribution in [3.05, 3.63) is 59.1 Å². The maximum absolute atomic E-state index is 14.7. The summed E-state index contributed by atoms with van der Waals surface area (Å²) in [7, 11) is 0. The van der Waals surface area contributed by atoms with Crippen LogP contribution in [0.5, 0.6) is 0 Å². The molecule has 0 unspecified atom stereocenters. The second kappa shape index (κ2) is 5.60. The molecule has 4 aromatic rings. The lowest BCUT2D eigenvalue weighted by molar-refractivity contribution is 0.585. The fourth-order valence-electron chi connectivity index (χ4n) is 3.50. The van der Waals surface area contributed by atoms with Crippen molar-refractivity contribution in [2.75, 3.05) is 0 Å². The third-order valence-corrected chi connectivity index (χ3v) is 5.04. The maximum Gasteiger partial charge on any atom is 0.155 e. The molecule has 26 heavy (non-hydrogen) atoms. The first kappa shape index (κ1) is 15.5. The third kappa shape index (κ3) is 2.17. The highest BCUT2D eigenvalue weighted by Crippen LogP contribution is 2.39. The lowest BCUT2D eigenvalue weighted by Gasteiger charge is -2.08. The number of halogens is 3. The predicted molar refractivity (Wildman–Crippen MR) is 92.9 cm³/mol. The van der Waals surface area contributed by atoms with Crippen LogP contribution in [0.2, 0.25) is 5.02 Å². The molecular formula is C18H12ClF2N5. The molecule has 5 nitrogen and oxygen atoms in total. The Kier molecular flexibility index (Phi) is 3.33. The third-order valence-electron chi connectivity index (χ3n) is 4.69. The van der Waals surface area contributed by atoms with Crippen molar-refractivity contribution in [2.45, 2.75) is 19.4 Å². The molecule has 0 amide bonds. The SMILES string of the molecule is Fc1ccc(-c2nn3c(c2-c2ccc4ncnn4c2)CCC3)c(F)c1Cl. The molecular weight excluding hydrogens is 360 g/mol. The van der Waals surface area contributed by atoms with Crippen molar-refractivity contribution in [3.8, 4) is 22.4 Å². The number of fused-ring (bicyclic) bond motifs is 2. The van der Waals surface area contributed by atoms with Gasteiger partial charge in [0.15, 0.2) is 11.5 Å². The molecule has 0 fully saturated rings. The molecule has 0 radical (unpaired) electrons. The molecule has 4 heterocycles. The van der Waals surface area contributed by atoms with Gasteiger partial charge in [0, 0.05) is 35.1 Å². The van der Waals surface area contributed by atoms with Crippen LogP contribution in [-0.4, -0.2) is 24.4 Å². The van der Waals surface area contributed by atoms with Gasteiger partial charge in [-0.15, -0.1) is 0 Å². The van der Waals surface area contributed by atoms with Crippen molar-refractivity contribution in [3.63, 3.8) is 0 Å². The van der Waals surface area contributed by atoms with E-state index in [0.717, 1.165) is 47.9 Å². The van der Waals surface area contributed by atoms with E-state index in [-0.39, 0.29) is 5.56 Å². The van der Waals surface area contributed by atoms with E-state index in [2.05, 4.69) is 15.2 Å². The molecule has 0 atom stereocenters. The van der Waals surface area contributed by atoms with Gasteiger partial charge in [0.05, 0.1) is 0 Å². The topological polar surface area (TPSA) is 48.0 Å². The minimum Gasteiger partial charge on any atom is -0.268 e. The number of rotatable bonds is 2. The Morgan fingerprint density at radius 1 is 1.12 bits per heavy atom. The van der Waals surface area contributed by atoms with E-state index in [1.54, 1.807) is 4.52 Å². The smallest absolute Gasteiger partial charge is 0.155 e. The average molecular weight is 372 g/mol. The molecule has 1 aliphatic heterocycles. The Labute approximate surface area is 151 Å². The van der Waals surface area contributed by atoms with Crippen molar-refractivity contribution in [2.24, 2.45) is 0 Å². The Hall–Kier alpha value is -2.80. The molecule has 8 heteroatoms. The molecule has 0 N–H and O–H groups in total. The molecule has 0 spiro atoms. The maximum atomic E-state index is 14.7. The second-order valence-corrected chi connectivity index (χ2v) is 6.58. The van der Waals surface area contributed by atoms with Crippen molar-refractivity contribution in [1.29, 1.82) is 0 Å². The van der Waals surface area contributed by atoms with Gasteiger partial charge >= 0.3 is 0 Å². The summed E-state index contributed by atoms with van der Waals surface area (Å²) in [5.41, 5.74) is 4.06. The van der Waals surface area contributed by atoms with Crippen LogP contribution in [0.15, 0.2) is 36.8 Å². The first-order chi connectivity index (χ1) is 12.6. The highest BCUT2D eigenvalue weighted by Gasteiger charge is 2.26. The highest BCUT2D eigenvalue weighted by molar-refractivity contribution is 6.31. The minimum absolute atomic E-state index is 0.187. The second-order valence-electron chi connectivity index (χ2n) is 6.20. The summed E-state index contributed by atoms with van der Waals surface area (Å²) in [6, 6.07) is 6.30. The summed E-state index contributed by atoms with van der Waals surface area (Å²) < 4.78 is 31.8. The quantitative estimate of drug-likeness (QED) is 0.498. The van der Waals surface area contributed by atoms with Gasteiger partial charge in [-0.05, 0) is 37.1 Å². The Morgan fingerprint density at radius 3 is 2.88 bits per heavy atom. The van der Waals surface area contributed by atoms with Crippen molar-refractivity contribution in [1.82, 2.24) is 24.4 Å². The first-order valence-corrected chi connectivity index (χ1v) is 8.54. The Bertz CT molecular complexity index is 1160. The number of hydrogen-bond acceptors (Lipinski definition) is 3. The van der Waals surface area contributed by atoms with Crippen LogP contribution in [0.4, 0.5) is 8.78 Å². The minimum atomic E-state index is -0.800. The molecule has 130 valence electrons. The van der Waals surface area contributed by atoms with Crippen LogP contribution < -0.4 is 0 Å². The summed E-state index contributed by atoms with van der Waals surface area (Å²) in [6.45, 7) is 0.768. The van der Waals surface area contributed by atoms with Gasteiger partial charge in [-0.1, -0.05) is 11.6 Å². The lowest BCUT2D eigenvalue weighted by Crippen LogP contribution is -1.96. The number of aryl methyl sites for hydroxylation is 1. The van der Waals surface area contributed by atoms with E-state index in [1.165, 1.54) is 12.4 Å². The van der Waals surface area contributed by atoms with Crippen LogP contribution in [0, 0.1) is 11.6 Å². The fourth-order valence-corrected chi connectivity index (χ4v) is 3.66. The van der Waals surface area contributed by atoms with Crippen LogP contribution >= 0.6 is 11.6 Å². The largest absolute Gasteiger partial charge is 0.268 e. The number of pyridine rings is 1. The van der Waals surface area contributed by atoms with Crippen LogP contribution in [0.3, 0.4) is 0 Å². The van der Waals surface area contributed by atoms with Gasteiger partial charge in [-0.3, -0.25) is 4.68 Å². The van der Waals surface area contributed by atoms with Crippen molar-refractivity contribution < 1.29 is 8.78 Å². The molecule has 3 aromatic heterocycles. The highest BCUT2D eigenvalue weighted by atomic mass is 35.5. The summed E-state index contributed by atoms with van der Waals surface area (Å²) in [5.74, 6) is -1.59. The van der Waals surface area contributed by atoms with Gasteiger partial charge in [-0.25, -0.2) is 18.3 Å². The van der Waals surface area contributed by atoms with E-state index in [0.29, 0.717) is 5.69 Å². The average Bonchev–Trinajstić information content (AvgIpc) is 3.34. The van der Waals surface area contributed by atoms with Gasteiger partial charge in [-0.2, -0.15) is 10.2 Å². The fraction of sp³-hybridized carbons (Fsp3) is 0.167. The number of benzene rings is 1. The van der Waals surface area contributed by atoms with Gasteiger partial charge < -0.3 is 0 Å². The van der Waals surface area contributed by atoms with Crippen molar-refractivity contribution >= 4 is 17.2 Å². The molecule has 1 aromatic carbocycles. The summed E-state index contributed by atoms with van der Waals surface area (Å²) >= 11 is 5.78. The zero-order chi connectivity index (χ0) is 17.8. The first-order valence-electron chi connectivity index (χ1n) is 8.17. The van der Waals surface area contributed by atoms with E-state index in [4.69, 9.17) is 11.6 Å². The van der Waals surface area contributed by atoms with Gasteiger partial charge in [0.25, 0.3) is 0 Å². The van der Waals surface area contributed by atoms with Crippen LogP contribution in [0.1, 0.15) is 12.1 Å². The number of nitrogens with zero attached hydrogens (tertiary/aromatic N) is 5.